The summed E-state index contributed by atoms with van der Waals surface area (Å²) < 4.78 is -0.663. The molecular formula is C16H22NO5+. The van der Waals surface area contributed by atoms with Crippen LogP contribution in [0.15, 0.2) is 30.3 Å². The Bertz CT molecular complexity index is 561. The lowest BCUT2D eigenvalue weighted by atomic mass is 9.80. The fourth-order valence-corrected chi connectivity index (χ4v) is 3.61. The molecule has 22 heavy (non-hydrogen) atoms. The molecule has 0 radical (unpaired) electrons. The van der Waals surface area contributed by atoms with E-state index in [9.17, 15) is 24.9 Å². The summed E-state index contributed by atoms with van der Waals surface area (Å²) >= 11 is 0. The van der Waals surface area contributed by atoms with E-state index in [1.807, 2.05) is 6.07 Å². The fourth-order valence-electron chi connectivity index (χ4n) is 3.61. The Morgan fingerprint density at radius 1 is 1.27 bits per heavy atom. The molecule has 0 spiro atoms. The van der Waals surface area contributed by atoms with E-state index in [0.29, 0.717) is 6.42 Å². The van der Waals surface area contributed by atoms with E-state index in [1.54, 1.807) is 31.2 Å². The van der Waals surface area contributed by atoms with Crippen molar-refractivity contribution in [2.75, 3.05) is 6.54 Å². The van der Waals surface area contributed by atoms with Gasteiger partial charge in [-0.2, -0.15) is 4.79 Å². The maximum Gasteiger partial charge on any atom is 0.514 e. The van der Waals surface area contributed by atoms with Crippen molar-refractivity contribution >= 4 is 12.1 Å². The summed E-state index contributed by atoms with van der Waals surface area (Å²) in [7, 11) is 0. The van der Waals surface area contributed by atoms with Gasteiger partial charge >= 0.3 is 12.1 Å². The highest BCUT2D eigenvalue weighted by Gasteiger charge is 2.63. The van der Waals surface area contributed by atoms with Crippen LogP contribution < -0.4 is 0 Å². The molecule has 1 aliphatic rings. The zero-order valence-corrected chi connectivity index (χ0v) is 12.6. The second kappa shape index (κ2) is 6.06. The Kier molecular flexibility index (Phi) is 4.53. The quantitative estimate of drug-likeness (QED) is 0.740. The van der Waals surface area contributed by atoms with E-state index in [-0.39, 0.29) is 25.9 Å². The molecule has 6 nitrogen and oxygen atoms in total. The smallest absolute Gasteiger partial charge is 0.477 e. The molecule has 0 bridgehead atoms. The zero-order valence-electron chi connectivity index (χ0n) is 12.6. The van der Waals surface area contributed by atoms with Crippen molar-refractivity contribution in [3.8, 4) is 0 Å². The number of aliphatic hydroxyl groups excluding tert-OH is 1. The largest absolute Gasteiger partial charge is 0.514 e. The van der Waals surface area contributed by atoms with Crippen molar-refractivity contribution in [2.24, 2.45) is 0 Å². The number of benzene rings is 1. The van der Waals surface area contributed by atoms with Crippen molar-refractivity contribution in [3.05, 3.63) is 35.9 Å². The lowest BCUT2D eigenvalue weighted by Gasteiger charge is -2.50. The summed E-state index contributed by atoms with van der Waals surface area (Å²) in [5.41, 5.74) is -0.668. The second-order valence-corrected chi connectivity index (χ2v) is 5.96. The van der Waals surface area contributed by atoms with Gasteiger partial charge in [-0.15, -0.1) is 0 Å². The van der Waals surface area contributed by atoms with E-state index in [2.05, 4.69) is 0 Å². The van der Waals surface area contributed by atoms with Crippen LogP contribution in [0, 0.1) is 0 Å². The molecule has 120 valence electrons. The van der Waals surface area contributed by atoms with Crippen molar-refractivity contribution in [1.29, 1.82) is 0 Å². The fraction of sp³-hybridized carbons (Fsp3) is 0.500. The van der Waals surface area contributed by atoms with Crippen molar-refractivity contribution in [2.45, 2.75) is 44.4 Å². The van der Waals surface area contributed by atoms with Gasteiger partial charge in [0, 0.05) is 18.4 Å². The number of likely N-dealkylation sites (tertiary alicyclic amines) is 1. The van der Waals surface area contributed by atoms with Crippen molar-refractivity contribution in [1.82, 2.24) is 0 Å². The highest BCUT2D eigenvalue weighted by atomic mass is 16.4. The van der Waals surface area contributed by atoms with Gasteiger partial charge in [-0.25, -0.2) is 9.28 Å². The van der Waals surface area contributed by atoms with Gasteiger partial charge in [-0.3, -0.25) is 0 Å². The molecule has 0 saturated carbocycles. The molecule has 1 saturated heterocycles. The first kappa shape index (κ1) is 16.5. The minimum absolute atomic E-state index is 0.0490. The molecular weight excluding hydrogens is 286 g/mol. The first-order valence-corrected chi connectivity index (χ1v) is 7.44. The minimum Gasteiger partial charge on any atom is -0.477 e. The number of aliphatic carboxylic acids is 1. The monoisotopic (exact) mass is 308 g/mol. The predicted octanol–water partition coefficient (Wildman–Crippen LogP) is 2.07. The number of quaternary nitrogens is 1. The van der Waals surface area contributed by atoms with Crippen LogP contribution in [0.25, 0.3) is 0 Å². The molecule has 1 heterocycles. The van der Waals surface area contributed by atoms with E-state index < -0.39 is 28.2 Å². The number of hydrogen-bond acceptors (Lipinski definition) is 3. The lowest BCUT2D eigenvalue weighted by molar-refractivity contribution is -0.921. The standard InChI is InChI=1S/C16H21NO5/c1-2-16(14(19)20)9-8-13(18)11-17(16,15(21)22)10-12-6-4-3-5-7-12/h3-7,13,18H,2,8-11H2,1H3,(H-,19,20,21,22)/p+1. The lowest BCUT2D eigenvalue weighted by Crippen LogP contribution is -2.73. The number of aliphatic hydroxyl groups is 1. The number of carbonyl (C=O) groups is 2. The molecule has 1 fully saturated rings. The van der Waals surface area contributed by atoms with Gasteiger partial charge in [0.25, 0.3) is 0 Å². The van der Waals surface area contributed by atoms with Crippen LogP contribution >= 0.6 is 0 Å². The number of amides is 1. The van der Waals surface area contributed by atoms with Crippen LogP contribution in [-0.4, -0.2) is 50.1 Å². The van der Waals surface area contributed by atoms with Gasteiger partial charge in [-0.05, 0) is 6.42 Å². The molecule has 3 N–H and O–H groups in total. The average Bonchev–Trinajstić information content (AvgIpc) is 2.48. The number of carboxylic acid groups (broad SMARTS) is 2. The van der Waals surface area contributed by atoms with Crippen LogP contribution in [0.5, 0.6) is 0 Å². The average molecular weight is 308 g/mol. The maximum absolute atomic E-state index is 12.1. The molecule has 3 unspecified atom stereocenters. The minimum atomic E-state index is -1.42. The van der Waals surface area contributed by atoms with Gasteiger partial charge in [0.15, 0.2) is 0 Å². The zero-order chi connectivity index (χ0) is 16.4. The van der Waals surface area contributed by atoms with Gasteiger partial charge in [0.2, 0.25) is 5.54 Å². The number of nitrogens with zero attached hydrogens (tertiary/aromatic N) is 1. The molecule has 0 aliphatic carbocycles. The highest BCUT2D eigenvalue weighted by Crippen LogP contribution is 2.41. The topological polar surface area (TPSA) is 94.8 Å². The third-order valence-corrected chi connectivity index (χ3v) is 4.88. The molecule has 6 heteroatoms. The Labute approximate surface area is 129 Å². The molecule has 0 aromatic heterocycles. The van der Waals surface area contributed by atoms with Gasteiger partial charge < -0.3 is 15.3 Å². The first-order valence-electron chi connectivity index (χ1n) is 7.44. The second-order valence-electron chi connectivity index (χ2n) is 5.96. The van der Waals surface area contributed by atoms with Crippen LogP contribution in [0.4, 0.5) is 4.79 Å². The van der Waals surface area contributed by atoms with E-state index in [0.717, 1.165) is 5.56 Å². The third-order valence-electron chi connectivity index (χ3n) is 4.88. The van der Waals surface area contributed by atoms with Crippen molar-refractivity contribution < 1.29 is 29.4 Å². The Balaban J connectivity index is 2.56. The molecule has 3 atom stereocenters. The molecule has 1 aromatic rings. The van der Waals surface area contributed by atoms with E-state index in [1.165, 1.54) is 0 Å². The van der Waals surface area contributed by atoms with Gasteiger partial charge in [0.05, 0.1) is 0 Å². The number of carboxylic acids is 1. The summed E-state index contributed by atoms with van der Waals surface area (Å²) in [6.45, 7) is 1.66. The Morgan fingerprint density at radius 3 is 2.41 bits per heavy atom. The molecule has 1 aromatic carbocycles. The number of hydrogen-bond donors (Lipinski definition) is 3. The summed E-state index contributed by atoms with van der Waals surface area (Å²) in [5, 5.41) is 29.7. The number of rotatable bonds is 4. The van der Waals surface area contributed by atoms with Gasteiger partial charge in [-0.1, -0.05) is 37.3 Å². The van der Waals surface area contributed by atoms with Gasteiger partial charge in [0.1, 0.15) is 19.2 Å². The van der Waals surface area contributed by atoms with Crippen LogP contribution in [0.2, 0.25) is 0 Å². The first-order chi connectivity index (χ1) is 10.4. The normalized spacial score (nSPS) is 31.6. The summed E-state index contributed by atoms with van der Waals surface area (Å²) in [6, 6.07) is 8.98. The third kappa shape index (κ3) is 2.48. The van der Waals surface area contributed by atoms with Crippen molar-refractivity contribution in [3.63, 3.8) is 0 Å². The predicted molar refractivity (Wildman–Crippen MR) is 79.2 cm³/mol. The van der Waals surface area contributed by atoms with E-state index >= 15 is 0 Å². The molecule has 1 amide bonds. The van der Waals surface area contributed by atoms with Crippen LogP contribution in [0.3, 0.4) is 0 Å². The highest BCUT2D eigenvalue weighted by molar-refractivity contribution is 5.80. The summed E-state index contributed by atoms with van der Waals surface area (Å²) in [6.07, 6.45) is -1.35. The molecule has 2 rings (SSSR count). The van der Waals surface area contributed by atoms with Crippen LogP contribution in [0.1, 0.15) is 31.7 Å². The van der Waals surface area contributed by atoms with Crippen LogP contribution in [-0.2, 0) is 11.3 Å². The molecule has 1 aliphatic heterocycles. The maximum atomic E-state index is 12.1. The summed E-state index contributed by atoms with van der Waals surface area (Å²) in [4.78, 5) is 24.1. The Morgan fingerprint density at radius 2 is 1.91 bits per heavy atom. The SMILES string of the molecule is CCC1(C(=O)O)CCC(O)C[N+]1(Cc1ccccc1)C(=O)O. The number of piperidine rings is 1. The van der Waals surface area contributed by atoms with E-state index in [4.69, 9.17) is 0 Å². The Hall–Kier alpha value is -1.92. The summed E-state index contributed by atoms with van der Waals surface area (Å²) in [5.74, 6) is -1.11.